The lowest BCUT2D eigenvalue weighted by molar-refractivity contribution is -0.143. The Morgan fingerprint density at radius 2 is 1.74 bits per heavy atom. The molecule has 2 N–H and O–H groups in total. The number of carboxylic acids is 1. The number of hydrogen-bond acceptors (Lipinski definition) is 9. The highest BCUT2D eigenvalue weighted by molar-refractivity contribution is 6.36. The maximum atomic E-state index is 14.5. The Morgan fingerprint density at radius 1 is 1.00 bits per heavy atom. The van der Waals surface area contributed by atoms with Crippen molar-refractivity contribution in [3.8, 4) is 40.0 Å². The Hall–Kier alpha value is -4.75. The highest BCUT2D eigenvalue weighted by Gasteiger charge is 2.49. The molecule has 2 fully saturated rings. The van der Waals surface area contributed by atoms with Gasteiger partial charge in [-0.3, -0.25) is 14.6 Å². The van der Waals surface area contributed by atoms with Crippen LogP contribution in [-0.2, 0) is 35.2 Å². The maximum absolute atomic E-state index is 14.5. The number of aryl methyl sites for hydroxylation is 1. The zero-order valence-corrected chi connectivity index (χ0v) is 30.6. The van der Waals surface area contributed by atoms with E-state index in [2.05, 4.69) is 15.3 Å². The molecule has 0 aliphatic heterocycles. The van der Waals surface area contributed by atoms with Gasteiger partial charge >= 0.3 is 12.1 Å². The number of benzene rings is 2. The first-order valence-corrected chi connectivity index (χ1v) is 18.4. The monoisotopic (exact) mass is 764 g/mol. The van der Waals surface area contributed by atoms with E-state index in [1.807, 2.05) is 36.4 Å². The quantitative estimate of drug-likeness (QED) is 0.129. The van der Waals surface area contributed by atoms with Gasteiger partial charge in [0, 0.05) is 36.1 Å². The third kappa shape index (κ3) is 7.61. The molecule has 0 spiro atoms. The number of fused-ring (bicyclic) bond motifs is 1. The summed E-state index contributed by atoms with van der Waals surface area (Å²) in [6, 6.07) is 12.1. The Morgan fingerprint density at radius 3 is 2.43 bits per heavy atom. The third-order valence-electron chi connectivity index (χ3n) is 10.8. The number of carbonyl (C=O) groups is 2. The zero-order valence-electron chi connectivity index (χ0n) is 29.9. The van der Waals surface area contributed by atoms with Crippen LogP contribution in [0.3, 0.4) is 0 Å². The Bertz CT molecular complexity index is 2090. The third-order valence-corrected chi connectivity index (χ3v) is 11.2. The predicted octanol–water partition coefficient (Wildman–Crippen LogP) is 8.22. The molecule has 0 unspecified atom stereocenters. The standard InChI is InChI=1S/C40H40ClF3N4O6/c1-52-35-23(13-14-39(15-16-39)38(50)51)18-30(40(42,43)44)36(48-35)54-33-12-11-26-25(5-3-6-27(26)33)28-7-4-8-29(34(28)41)31-21-46-32(37(47-31)53-2)20-45-19-22-9-10-24(49)17-22/h3-8,18,21-22,33,45H,9-17,19-20H2,1-2H3,(H,50,51)/t22-,33+/m1/s1. The van der Waals surface area contributed by atoms with Crippen LogP contribution in [0.15, 0.2) is 48.7 Å². The molecule has 284 valence electrons. The summed E-state index contributed by atoms with van der Waals surface area (Å²) in [6.45, 7) is 1.13. The number of rotatable bonds is 14. The number of alkyl halides is 3. The Balaban J connectivity index is 1.13. The predicted molar refractivity (Wildman–Crippen MR) is 194 cm³/mol. The van der Waals surface area contributed by atoms with Crippen LogP contribution in [0.5, 0.6) is 17.6 Å². The van der Waals surface area contributed by atoms with Gasteiger partial charge in [-0.25, -0.2) is 4.98 Å². The summed E-state index contributed by atoms with van der Waals surface area (Å²) in [5.74, 6) is -0.588. The van der Waals surface area contributed by atoms with E-state index in [1.54, 1.807) is 6.20 Å². The topological polar surface area (TPSA) is 133 Å². The summed E-state index contributed by atoms with van der Waals surface area (Å²) in [7, 11) is 2.85. The summed E-state index contributed by atoms with van der Waals surface area (Å²) in [4.78, 5) is 36.8. The molecule has 7 rings (SSSR count). The minimum absolute atomic E-state index is 0.0273. The van der Waals surface area contributed by atoms with E-state index in [0.29, 0.717) is 91.2 Å². The van der Waals surface area contributed by atoms with Gasteiger partial charge in [0.05, 0.1) is 36.5 Å². The minimum atomic E-state index is -4.78. The van der Waals surface area contributed by atoms with Crippen molar-refractivity contribution in [2.45, 2.75) is 76.6 Å². The van der Waals surface area contributed by atoms with Crippen molar-refractivity contribution < 1.29 is 42.1 Å². The number of nitrogens with zero attached hydrogens (tertiary/aromatic N) is 3. The summed E-state index contributed by atoms with van der Waals surface area (Å²) in [5, 5.41) is 13.4. The molecule has 2 heterocycles. The minimum Gasteiger partial charge on any atom is -0.481 e. The fourth-order valence-corrected chi connectivity index (χ4v) is 7.93. The van der Waals surface area contributed by atoms with Crippen LogP contribution in [0.4, 0.5) is 13.2 Å². The Kier molecular flexibility index (Phi) is 10.6. The summed E-state index contributed by atoms with van der Waals surface area (Å²) in [5.41, 5.74) is 3.17. The van der Waals surface area contributed by atoms with E-state index in [-0.39, 0.29) is 24.3 Å². The van der Waals surface area contributed by atoms with E-state index < -0.39 is 35.1 Å². The molecule has 10 nitrogen and oxygen atoms in total. The molecule has 0 radical (unpaired) electrons. The number of ether oxygens (including phenoxy) is 3. The van der Waals surface area contributed by atoms with E-state index in [1.165, 1.54) is 14.2 Å². The molecule has 14 heteroatoms. The number of methoxy groups -OCH3 is 2. The van der Waals surface area contributed by atoms with Crippen LogP contribution in [0.1, 0.15) is 79.0 Å². The van der Waals surface area contributed by atoms with Crippen molar-refractivity contribution in [2.75, 3.05) is 20.8 Å². The highest BCUT2D eigenvalue weighted by atomic mass is 35.5. The average Bonchev–Trinajstić information content (AvgIpc) is 3.68. The molecule has 2 atom stereocenters. The summed E-state index contributed by atoms with van der Waals surface area (Å²) in [6.07, 6.45) is 0.436. The van der Waals surface area contributed by atoms with E-state index >= 15 is 0 Å². The van der Waals surface area contributed by atoms with Crippen LogP contribution in [-0.4, -0.2) is 52.6 Å². The number of hydrogen-bond donors (Lipinski definition) is 2. The Labute approximate surface area is 315 Å². The zero-order chi connectivity index (χ0) is 38.2. The smallest absolute Gasteiger partial charge is 0.421 e. The molecular weight excluding hydrogens is 725 g/mol. The molecule has 2 aromatic carbocycles. The lowest BCUT2D eigenvalue weighted by Crippen LogP contribution is -2.22. The second kappa shape index (κ2) is 15.2. The van der Waals surface area contributed by atoms with Gasteiger partial charge in [-0.05, 0) is 80.2 Å². The van der Waals surface area contributed by atoms with Crippen molar-refractivity contribution in [2.24, 2.45) is 11.3 Å². The first-order valence-electron chi connectivity index (χ1n) is 18.0. The number of aromatic nitrogens is 3. The van der Waals surface area contributed by atoms with Crippen molar-refractivity contribution in [3.05, 3.63) is 81.6 Å². The largest absolute Gasteiger partial charge is 0.481 e. The fraction of sp³-hybridized carbons (Fsp3) is 0.425. The lowest BCUT2D eigenvalue weighted by Gasteiger charge is -2.21. The van der Waals surface area contributed by atoms with Crippen molar-refractivity contribution >= 4 is 23.4 Å². The number of pyridine rings is 1. The summed E-state index contributed by atoms with van der Waals surface area (Å²) < 4.78 is 60.4. The van der Waals surface area contributed by atoms with Crippen molar-refractivity contribution in [3.63, 3.8) is 0 Å². The number of carbonyl (C=O) groups excluding carboxylic acids is 1. The van der Waals surface area contributed by atoms with Gasteiger partial charge in [-0.2, -0.15) is 18.2 Å². The van der Waals surface area contributed by atoms with E-state index in [9.17, 15) is 27.9 Å². The lowest BCUT2D eigenvalue weighted by atomic mass is 9.95. The number of ketones is 1. The molecule has 2 saturated carbocycles. The normalized spacial score (nSPS) is 18.7. The van der Waals surface area contributed by atoms with E-state index in [4.69, 9.17) is 30.8 Å². The van der Waals surface area contributed by atoms with Crippen LogP contribution >= 0.6 is 11.6 Å². The van der Waals surface area contributed by atoms with Crippen molar-refractivity contribution in [1.82, 2.24) is 20.3 Å². The number of carboxylic acid groups (broad SMARTS) is 1. The molecule has 0 saturated heterocycles. The van der Waals surface area contributed by atoms with Crippen LogP contribution in [0.25, 0.3) is 22.4 Å². The van der Waals surface area contributed by atoms with E-state index in [0.717, 1.165) is 34.7 Å². The first-order chi connectivity index (χ1) is 25.9. The maximum Gasteiger partial charge on any atom is 0.421 e. The molecule has 4 aromatic rings. The van der Waals surface area contributed by atoms with Gasteiger partial charge in [-0.1, -0.05) is 48.0 Å². The SMILES string of the molecule is COc1nc(O[C@H]2CCc3c(-c4cccc(-c5cnc(CNC[C@@H]6CCC(=O)C6)c(OC)n5)c4Cl)cccc32)c(C(F)(F)F)cc1CCC1(C(=O)O)CC1. The molecule has 0 amide bonds. The highest BCUT2D eigenvalue weighted by Crippen LogP contribution is 2.51. The average molecular weight is 765 g/mol. The number of halogens is 4. The number of nitrogens with one attached hydrogen (secondary N) is 1. The van der Waals surface area contributed by atoms with Gasteiger partial charge in [0.15, 0.2) is 0 Å². The van der Waals surface area contributed by atoms with Crippen LogP contribution in [0.2, 0.25) is 5.02 Å². The van der Waals surface area contributed by atoms with Gasteiger partial charge in [-0.15, -0.1) is 0 Å². The van der Waals surface area contributed by atoms with Crippen LogP contribution in [0, 0.1) is 11.3 Å². The second-order valence-electron chi connectivity index (χ2n) is 14.3. The first kappa shape index (κ1) is 37.6. The van der Waals surface area contributed by atoms with Crippen molar-refractivity contribution in [1.29, 1.82) is 0 Å². The number of aliphatic carboxylic acids is 1. The molecule has 0 bridgehead atoms. The van der Waals surface area contributed by atoms with Gasteiger partial charge in [0.25, 0.3) is 0 Å². The van der Waals surface area contributed by atoms with Crippen LogP contribution < -0.4 is 19.5 Å². The van der Waals surface area contributed by atoms with Gasteiger partial charge < -0.3 is 24.6 Å². The summed E-state index contributed by atoms with van der Waals surface area (Å²) >= 11 is 7.08. The number of Topliss-reactive ketones (excluding diaryl/α,β-unsaturated/α-hetero) is 1. The molecule has 2 aromatic heterocycles. The molecule has 54 heavy (non-hydrogen) atoms. The second-order valence-corrected chi connectivity index (χ2v) is 14.6. The van der Waals surface area contributed by atoms with Gasteiger partial charge in [0.2, 0.25) is 17.6 Å². The fourth-order valence-electron chi connectivity index (χ4n) is 7.60. The van der Waals surface area contributed by atoms with Gasteiger partial charge in [0.1, 0.15) is 23.1 Å². The molecule has 3 aliphatic carbocycles. The molecular formula is C40H40ClF3N4O6. The molecule has 3 aliphatic rings.